The van der Waals surface area contributed by atoms with E-state index in [-0.39, 0.29) is 12.3 Å². The van der Waals surface area contributed by atoms with Crippen LogP contribution in [0, 0.1) is 6.92 Å². The fourth-order valence-electron chi connectivity index (χ4n) is 2.47. The first-order valence-electron chi connectivity index (χ1n) is 7.77. The normalized spacial score (nSPS) is 11.0. The summed E-state index contributed by atoms with van der Waals surface area (Å²) < 4.78 is 27.6. The molecule has 6 nitrogen and oxygen atoms in total. The van der Waals surface area contributed by atoms with Crippen LogP contribution in [0.1, 0.15) is 5.56 Å². The van der Waals surface area contributed by atoms with Gasteiger partial charge in [0.15, 0.2) is 0 Å². The zero-order valence-electron chi connectivity index (χ0n) is 14.5. The molecule has 25 heavy (non-hydrogen) atoms. The summed E-state index contributed by atoms with van der Waals surface area (Å²) in [5, 5.41) is 5.34. The van der Waals surface area contributed by atoms with Gasteiger partial charge in [-0.2, -0.15) is 0 Å². The van der Waals surface area contributed by atoms with Crippen LogP contribution >= 0.6 is 0 Å². The summed E-state index contributed by atoms with van der Waals surface area (Å²) in [6.07, 6.45) is 1.13. The van der Waals surface area contributed by atoms with E-state index in [9.17, 15) is 13.2 Å². The summed E-state index contributed by atoms with van der Waals surface area (Å²) in [6.45, 7) is 1.99. The third-order valence-corrected chi connectivity index (χ3v) is 4.56. The molecule has 0 aromatic heterocycles. The number of rotatable bonds is 6. The number of amides is 2. The van der Waals surface area contributed by atoms with Gasteiger partial charge in [-0.15, -0.1) is 0 Å². The monoisotopic (exact) mass is 362 g/mol. The highest BCUT2D eigenvalue weighted by atomic mass is 32.2. The summed E-state index contributed by atoms with van der Waals surface area (Å²) in [6, 6.07) is 12.9. The van der Waals surface area contributed by atoms with E-state index in [1.807, 2.05) is 43.3 Å². The number of methoxy groups -OCH3 is 1. The topological polar surface area (TPSA) is 84.5 Å². The van der Waals surface area contributed by atoms with E-state index in [1.165, 1.54) is 0 Å². The van der Waals surface area contributed by atoms with Crippen molar-refractivity contribution in [2.24, 2.45) is 0 Å². The predicted molar refractivity (Wildman–Crippen MR) is 99.9 cm³/mol. The van der Waals surface area contributed by atoms with Crippen molar-refractivity contribution in [1.29, 1.82) is 0 Å². The Bertz CT molecular complexity index is 849. The van der Waals surface area contributed by atoms with Crippen LogP contribution in [0.5, 0.6) is 5.75 Å². The van der Waals surface area contributed by atoms with Crippen molar-refractivity contribution in [2.45, 2.75) is 6.92 Å². The number of benzene rings is 2. The molecule has 7 heteroatoms. The van der Waals surface area contributed by atoms with Gasteiger partial charge in [-0.25, -0.2) is 13.2 Å². The standard InChI is InChI=1S/C18H22N2O4S/c1-13-11-15(24-2)12-16(17(13)14-7-5-4-6-8-14)20-18(21)19-9-10-25(3,22)23/h4-8,11-12H,9-10H2,1-3H3,(H2,19,20,21). The molecule has 2 rings (SSSR count). The third kappa shape index (κ3) is 5.49. The average molecular weight is 362 g/mol. The van der Waals surface area contributed by atoms with Gasteiger partial charge in [0.25, 0.3) is 0 Å². The van der Waals surface area contributed by atoms with Crippen LogP contribution in [0.4, 0.5) is 10.5 Å². The second-order valence-corrected chi connectivity index (χ2v) is 8.00. The Balaban J connectivity index is 2.26. The highest BCUT2D eigenvalue weighted by molar-refractivity contribution is 7.90. The van der Waals surface area contributed by atoms with Crippen LogP contribution in [0.15, 0.2) is 42.5 Å². The van der Waals surface area contributed by atoms with Crippen molar-refractivity contribution in [3.63, 3.8) is 0 Å². The molecule has 134 valence electrons. The number of ether oxygens (including phenoxy) is 1. The van der Waals surface area contributed by atoms with Crippen LogP contribution in [-0.4, -0.2) is 40.1 Å². The molecule has 0 aliphatic carbocycles. The molecule has 0 saturated heterocycles. The lowest BCUT2D eigenvalue weighted by Gasteiger charge is -2.16. The molecule has 0 unspecified atom stereocenters. The fraction of sp³-hybridized carbons (Fsp3) is 0.278. The number of anilines is 1. The Morgan fingerprint density at radius 2 is 1.84 bits per heavy atom. The maximum Gasteiger partial charge on any atom is 0.319 e. The summed E-state index contributed by atoms with van der Waals surface area (Å²) in [5.74, 6) is 0.520. The van der Waals surface area contributed by atoms with Crippen molar-refractivity contribution < 1.29 is 17.9 Å². The van der Waals surface area contributed by atoms with Crippen molar-refractivity contribution in [1.82, 2.24) is 5.32 Å². The Morgan fingerprint density at radius 3 is 2.44 bits per heavy atom. The highest BCUT2D eigenvalue weighted by Gasteiger charge is 2.13. The molecule has 0 spiro atoms. The predicted octanol–water partition coefficient (Wildman–Crippen LogP) is 2.84. The number of nitrogens with one attached hydrogen (secondary N) is 2. The second kappa shape index (κ2) is 8.02. The van der Waals surface area contributed by atoms with E-state index in [1.54, 1.807) is 13.2 Å². The first-order valence-corrected chi connectivity index (χ1v) is 9.83. The number of aryl methyl sites for hydroxylation is 1. The average Bonchev–Trinajstić information content (AvgIpc) is 2.54. The van der Waals surface area contributed by atoms with E-state index in [0.29, 0.717) is 11.4 Å². The van der Waals surface area contributed by atoms with Gasteiger partial charge in [0.1, 0.15) is 15.6 Å². The number of hydrogen-bond donors (Lipinski definition) is 2. The minimum Gasteiger partial charge on any atom is -0.497 e. The summed E-state index contributed by atoms with van der Waals surface area (Å²) in [7, 11) is -1.56. The zero-order chi connectivity index (χ0) is 18.4. The molecule has 2 amide bonds. The molecule has 0 aliphatic rings. The maximum absolute atomic E-state index is 12.1. The number of sulfone groups is 1. The molecule has 0 aliphatic heterocycles. The summed E-state index contributed by atoms with van der Waals surface area (Å²) >= 11 is 0. The van der Waals surface area contributed by atoms with E-state index in [4.69, 9.17) is 4.74 Å². The molecule has 0 heterocycles. The van der Waals surface area contributed by atoms with Crippen LogP contribution in [-0.2, 0) is 9.84 Å². The van der Waals surface area contributed by atoms with Gasteiger partial charge in [-0.3, -0.25) is 0 Å². The molecular weight excluding hydrogens is 340 g/mol. The van der Waals surface area contributed by atoms with E-state index < -0.39 is 15.9 Å². The Morgan fingerprint density at radius 1 is 1.16 bits per heavy atom. The van der Waals surface area contributed by atoms with Gasteiger partial charge in [-0.1, -0.05) is 30.3 Å². The molecule has 2 aromatic rings. The number of hydrogen-bond acceptors (Lipinski definition) is 4. The number of carbonyl (C=O) groups excluding carboxylic acids is 1. The van der Waals surface area contributed by atoms with Crippen molar-refractivity contribution in [3.8, 4) is 16.9 Å². The first-order chi connectivity index (χ1) is 11.8. The van der Waals surface area contributed by atoms with E-state index >= 15 is 0 Å². The molecular formula is C18H22N2O4S. The molecule has 0 radical (unpaired) electrons. The molecule has 0 bridgehead atoms. The molecule has 2 aromatic carbocycles. The lowest BCUT2D eigenvalue weighted by Crippen LogP contribution is -2.32. The van der Waals surface area contributed by atoms with Crippen LogP contribution < -0.4 is 15.4 Å². The van der Waals surface area contributed by atoms with E-state index in [2.05, 4.69) is 10.6 Å². The Kier molecular flexibility index (Phi) is 6.03. The van der Waals surface area contributed by atoms with Gasteiger partial charge in [0.2, 0.25) is 0 Å². The Hall–Kier alpha value is -2.54. The van der Waals surface area contributed by atoms with Crippen molar-refractivity contribution in [3.05, 3.63) is 48.0 Å². The highest BCUT2D eigenvalue weighted by Crippen LogP contribution is 2.35. The lowest BCUT2D eigenvalue weighted by molar-refractivity contribution is 0.252. The smallest absolute Gasteiger partial charge is 0.319 e. The van der Waals surface area contributed by atoms with Crippen LogP contribution in [0.2, 0.25) is 0 Å². The van der Waals surface area contributed by atoms with Crippen molar-refractivity contribution >= 4 is 21.6 Å². The number of urea groups is 1. The first kappa shape index (κ1) is 18.8. The van der Waals surface area contributed by atoms with Crippen LogP contribution in [0.3, 0.4) is 0 Å². The van der Waals surface area contributed by atoms with E-state index in [0.717, 1.165) is 22.9 Å². The molecule has 0 atom stereocenters. The quantitative estimate of drug-likeness (QED) is 0.827. The van der Waals surface area contributed by atoms with Crippen molar-refractivity contribution in [2.75, 3.05) is 31.0 Å². The minimum absolute atomic E-state index is 0.0499. The molecule has 2 N–H and O–H groups in total. The maximum atomic E-state index is 12.1. The third-order valence-electron chi connectivity index (χ3n) is 3.61. The largest absolute Gasteiger partial charge is 0.497 e. The van der Waals surface area contributed by atoms with Gasteiger partial charge in [0, 0.05) is 24.4 Å². The van der Waals surface area contributed by atoms with Gasteiger partial charge >= 0.3 is 6.03 Å². The SMILES string of the molecule is COc1cc(C)c(-c2ccccc2)c(NC(=O)NCCS(C)(=O)=O)c1. The summed E-state index contributed by atoms with van der Waals surface area (Å²) in [5.41, 5.74) is 3.41. The van der Waals surface area contributed by atoms with Gasteiger partial charge < -0.3 is 15.4 Å². The zero-order valence-corrected chi connectivity index (χ0v) is 15.3. The Labute approximate surface area is 148 Å². The molecule has 0 fully saturated rings. The summed E-state index contributed by atoms with van der Waals surface area (Å²) in [4.78, 5) is 12.1. The van der Waals surface area contributed by atoms with Crippen LogP contribution in [0.25, 0.3) is 11.1 Å². The lowest BCUT2D eigenvalue weighted by atomic mass is 9.98. The van der Waals surface area contributed by atoms with Gasteiger partial charge in [-0.05, 0) is 24.1 Å². The minimum atomic E-state index is -3.12. The second-order valence-electron chi connectivity index (χ2n) is 5.74. The van der Waals surface area contributed by atoms with Gasteiger partial charge in [0.05, 0.1) is 18.6 Å². The molecule has 0 saturated carbocycles. The number of carbonyl (C=O) groups is 1. The fourth-order valence-corrected chi connectivity index (χ4v) is 2.95.